The Morgan fingerprint density at radius 1 is 1.28 bits per heavy atom. The van der Waals surface area contributed by atoms with Crippen molar-refractivity contribution in [2.75, 3.05) is 0 Å². The van der Waals surface area contributed by atoms with Gasteiger partial charge in [-0.1, -0.05) is 50.4 Å². The molecule has 1 fully saturated rings. The van der Waals surface area contributed by atoms with E-state index >= 15 is 0 Å². The fraction of sp³-hybridized carbons (Fsp3) is 0.857. The SMILES string of the molecule is CC(C)c1nnsc1C(N)CCC1CCCCC1. The molecule has 18 heavy (non-hydrogen) atoms. The molecule has 1 heterocycles. The zero-order valence-corrected chi connectivity index (χ0v) is 12.4. The van der Waals surface area contributed by atoms with Gasteiger partial charge in [-0.25, -0.2) is 0 Å². The zero-order valence-electron chi connectivity index (χ0n) is 11.6. The number of nitrogens with zero attached hydrogens (tertiary/aromatic N) is 2. The lowest BCUT2D eigenvalue weighted by atomic mass is 9.85. The van der Waals surface area contributed by atoms with Crippen LogP contribution >= 0.6 is 11.5 Å². The average Bonchev–Trinajstić information content (AvgIpc) is 2.86. The zero-order chi connectivity index (χ0) is 13.0. The van der Waals surface area contributed by atoms with Crippen molar-refractivity contribution in [2.24, 2.45) is 11.7 Å². The lowest BCUT2D eigenvalue weighted by molar-refractivity contribution is 0.324. The molecule has 0 saturated heterocycles. The molecule has 3 nitrogen and oxygen atoms in total. The van der Waals surface area contributed by atoms with Crippen LogP contribution < -0.4 is 5.73 Å². The largest absolute Gasteiger partial charge is 0.323 e. The summed E-state index contributed by atoms with van der Waals surface area (Å²) in [5.74, 6) is 1.34. The van der Waals surface area contributed by atoms with E-state index < -0.39 is 0 Å². The number of hydrogen-bond acceptors (Lipinski definition) is 4. The third-order valence-corrected chi connectivity index (χ3v) is 4.91. The molecular formula is C14H25N3S. The molecule has 0 spiro atoms. The topological polar surface area (TPSA) is 51.8 Å². The smallest absolute Gasteiger partial charge is 0.0828 e. The van der Waals surface area contributed by atoms with Gasteiger partial charge >= 0.3 is 0 Å². The molecule has 1 saturated carbocycles. The molecule has 1 aliphatic rings. The Labute approximate surface area is 114 Å². The van der Waals surface area contributed by atoms with E-state index in [1.54, 1.807) is 0 Å². The highest BCUT2D eigenvalue weighted by atomic mass is 32.1. The van der Waals surface area contributed by atoms with Crippen molar-refractivity contribution in [1.29, 1.82) is 0 Å². The van der Waals surface area contributed by atoms with Crippen LogP contribution in [0.15, 0.2) is 0 Å². The molecule has 2 rings (SSSR count). The number of aromatic nitrogens is 2. The molecule has 0 amide bonds. The van der Waals surface area contributed by atoms with Crippen molar-refractivity contribution < 1.29 is 0 Å². The molecule has 2 N–H and O–H groups in total. The van der Waals surface area contributed by atoms with Crippen LogP contribution in [0.2, 0.25) is 0 Å². The van der Waals surface area contributed by atoms with Gasteiger partial charge in [-0.15, -0.1) is 5.10 Å². The van der Waals surface area contributed by atoms with E-state index in [9.17, 15) is 0 Å². The molecule has 1 aromatic heterocycles. The van der Waals surface area contributed by atoms with E-state index in [1.165, 1.54) is 54.9 Å². The van der Waals surface area contributed by atoms with Crippen LogP contribution in [-0.4, -0.2) is 9.59 Å². The Kier molecular flexibility index (Phi) is 5.13. The first-order chi connectivity index (χ1) is 8.68. The molecular weight excluding hydrogens is 242 g/mol. The van der Waals surface area contributed by atoms with Gasteiger partial charge < -0.3 is 5.73 Å². The van der Waals surface area contributed by atoms with Crippen LogP contribution in [0.4, 0.5) is 0 Å². The van der Waals surface area contributed by atoms with Crippen molar-refractivity contribution in [1.82, 2.24) is 9.59 Å². The number of nitrogens with two attached hydrogens (primary N) is 1. The maximum Gasteiger partial charge on any atom is 0.0828 e. The summed E-state index contributed by atoms with van der Waals surface area (Å²) in [6.45, 7) is 4.32. The van der Waals surface area contributed by atoms with Crippen LogP contribution in [0.5, 0.6) is 0 Å². The van der Waals surface area contributed by atoms with Crippen LogP contribution in [0, 0.1) is 5.92 Å². The first kappa shape index (κ1) is 13.9. The Hall–Kier alpha value is -0.480. The first-order valence-corrected chi connectivity index (χ1v) is 8.03. The standard InChI is InChI=1S/C14H25N3S/c1-10(2)13-14(18-17-16-13)12(15)9-8-11-6-4-3-5-7-11/h10-12H,3-9,15H2,1-2H3. The van der Waals surface area contributed by atoms with Gasteiger partial charge in [-0.05, 0) is 36.2 Å². The van der Waals surface area contributed by atoms with Crippen molar-refractivity contribution >= 4 is 11.5 Å². The summed E-state index contributed by atoms with van der Waals surface area (Å²) >= 11 is 1.49. The monoisotopic (exact) mass is 267 g/mol. The molecule has 1 atom stereocenters. The van der Waals surface area contributed by atoms with Crippen molar-refractivity contribution in [2.45, 2.75) is 70.8 Å². The van der Waals surface area contributed by atoms with Gasteiger partial charge in [-0.3, -0.25) is 0 Å². The van der Waals surface area contributed by atoms with Crippen molar-refractivity contribution in [3.05, 3.63) is 10.6 Å². The minimum atomic E-state index is 0.143. The summed E-state index contributed by atoms with van der Waals surface area (Å²) in [5.41, 5.74) is 7.43. The molecule has 0 aliphatic heterocycles. The molecule has 102 valence electrons. The van der Waals surface area contributed by atoms with E-state index in [2.05, 4.69) is 23.4 Å². The minimum Gasteiger partial charge on any atom is -0.323 e. The summed E-state index contributed by atoms with van der Waals surface area (Å²) in [6, 6.07) is 0.143. The fourth-order valence-corrected chi connectivity index (χ4v) is 3.72. The average molecular weight is 267 g/mol. The second kappa shape index (κ2) is 6.62. The second-order valence-corrected chi connectivity index (χ2v) is 6.65. The van der Waals surface area contributed by atoms with E-state index in [0.717, 1.165) is 18.0 Å². The van der Waals surface area contributed by atoms with Crippen LogP contribution in [-0.2, 0) is 0 Å². The third kappa shape index (κ3) is 3.51. The Bertz CT molecular complexity index is 356. The van der Waals surface area contributed by atoms with Gasteiger partial charge in [-0.2, -0.15) is 0 Å². The summed E-state index contributed by atoms with van der Waals surface area (Å²) < 4.78 is 4.07. The lowest BCUT2D eigenvalue weighted by Gasteiger charge is -2.22. The second-order valence-electron chi connectivity index (χ2n) is 5.87. The van der Waals surface area contributed by atoms with Crippen LogP contribution in [0.25, 0.3) is 0 Å². The van der Waals surface area contributed by atoms with Crippen molar-refractivity contribution in [3.63, 3.8) is 0 Å². The third-order valence-electron chi connectivity index (χ3n) is 4.03. The van der Waals surface area contributed by atoms with Crippen LogP contribution in [0.3, 0.4) is 0 Å². The van der Waals surface area contributed by atoms with Gasteiger partial charge in [0.25, 0.3) is 0 Å². The highest BCUT2D eigenvalue weighted by Crippen LogP contribution is 2.32. The number of rotatable bonds is 5. The maximum atomic E-state index is 6.33. The quantitative estimate of drug-likeness (QED) is 0.876. The van der Waals surface area contributed by atoms with Gasteiger partial charge in [0.05, 0.1) is 10.6 Å². The maximum absolute atomic E-state index is 6.33. The fourth-order valence-electron chi connectivity index (χ4n) is 2.88. The highest BCUT2D eigenvalue weighted by Gasteiger charge is 2.20. The normalized spacial score (nSPS) is 19.3. The summed E-state index contributed by atoms with van der Waals surface area (Å²) in [6.07, 6.45) is 9.44. The van der Waals surface area contributed by atoms with E-state index in [-0.39, 0.29) is 6.04 Å². The van der Waals surface area contributed by atoms with Crippen molar-refractivity contribution in [3.8, 4) is 0 Å². The Balaban J connectivity index is 1.86. The Morgan fingerprint density at radius 2 is 2.00 bits per heavy atom. The minimum absolute atomic E-state index is 0.143. The van der Waals surface area contributed by atoms with Gasteiger partial charge in [0.2, 0.25) is 0 Å². The predicted molar refractivity (Wildman–Crippen MR) is 76.7 cm³/mol. The first-order valence-electron chi connectivity index (χ1n) is 7.26. The van der Waals surface area contributed by atoms with E-state index in [1.807, 2.05) is 0 Å². The summed E-state index contributed by atoms with van der Waals surface area (Å²) in [4.78, 5) is 1.21. The lowest BCUT2D eigenvalue weighted by Crippen LogP contribution is -2.14. The molecule has 4 heteroatoms. The summed E-state index contributed by atoms with van der Waals surface area (Å²) in [5, 5.41) is 4.22. The molecule has 1 aliphatic carbocycles. The molecule has 1 aromatic rings. The van der Waals surface area contributed by atoms with Gasteiger partial charge in [0.1, 0.15) is 0 Å². The summed E-state index contributed by atoms with van der Waals surface area (Å²) in [7, 11) is 0. The molecule has 0 radical (unpaired) electrons. The number of hydrogen-bond donors (Lipinski definition) is 1. The molecule has 0 bridgehead atoms. The van der Waals surface area contributed by atoms with Gasteiger partial charge in [0.15, 0.2) is 0 Å². The van der Waals surface area contributed by atoms with E-state index in [0.29, 0.717) is 5.92 Å². The Morgan fingerprint density at radius 3 is 2.67 bits per heavy atom. The van der Waals surface area contributed by atoms with Crippen LogP contribution in [0.1, 0.15) is 81.3 Å². The van der Waals surface area contributed by atoms with Gasteiger partial charge in [0, 0.05) is 6.04 Å². The molecule has 1 unspecified atom stereocenters. The predicted octanol–water partition coefficient (Wildman–Crippen LogP) is 4.02. The highest BCUT2D eigenvalue weighted by molar-refractivity contribution is 7.05. The van der Waals surface area contributed by atoms with E-state index in [4.69, 9.17) is 5.73 Å². The molecule has 0 aromatic carbocycles.